The molecule has 5 heteroatoms. The largest absolute Gasteiger partial charge is 0.389 e. The van der Waals surface area contributed by atoms with E-state index >= 15 is 0 Å². The number of rotatable bonds is 5. The highest BCUT2D eigenvalue weighted by molar-refractivity contribution is 7.80. The third-order valence-corrected chi connectivity index (χ3v) is 4.38. The number of thiocarbonyl (C=S) groups is 1. The molecule has 2 rings (SSSR count). The Balaban J connectivity index is 1.90. The van der Waals surface area contributed by atoms with Crippen LogP contribution in [0.4, 0.5) is 5.69 Å². The van der Waals surface area contributed by atoms with E-state index < -0.39 is 0 Å². The van der Waals surface area contributed by atoms with E-state index in [9.17, 15) is 0 Å². The van der Waals surface area contributed by atoms with Crippen LogP contribution < -0.4 is 11.1 Å². The lowest BCUT2D eigenvalue weighted by Gasteiger charge is -2.32. The van der Waals surface area contributed by atoms with E-state index in [0.29, 0.717) is 16.1 Å². The summed E-state index contributed by atoms with van der Waals surface area (Å²) in [5.74, 6) is 0. The van der Waals surface area contributed by atoms with Gasteiger partial charge in [0.05, 0.1) is 5.02 Å². The maximum absolute atomic E-state index is 6.17. The summed E-state index contributed by atoms with van der Waals surface area (Å²) in [6, 6.07) is 6.27. The summed E-state index contributed by atoms with van der Waals surface area (Å²) in [4.78, 5) is 2.88. The van der Waals surface area contributed by atoms with Crippen LogP contribution in [0.2, 0.25) is 5.02 Å². The van der Waals surface area contributed by atoms with Gasteiger partial charge in [-0.25, -0.2) is 0 Å². The Morgan fingerprint density at radius 3 is 2.70 bits per heavy atom. The molecular formula is C15H22ClN3S. The number of benzene rings is 1. The summed E-state index contributed by atoms with van der Waals surface area (Å²) in [7, 11) is 0. The molecule has 1 atom stereocenters. The van der Waals surface area contributed by atoms with Gasteiger partial charge >= 0.3 is 0 Å². The van der Waals surface area contributed by atoms with Crippen LogP contribution in [0.15, 0.2) is 18.2 Å². The van der Waals surface area contributed by atoms with Crippen LogP contribution in [0.1, 0.15) is 31.7 Å². The van der Waals surface area contributed by atoms with Gasteiger partial charge in [-0.15, -0.1) is 0 Å². The lowest BCUT2D eigenvalue weighted by molar-refractivity contribution is 0.180. The molecule has 0 radical (unpaired) electrons. The summed E-state index contributed by atoms with van der Waals surface area (Å²) >= 11 is 11.1. The second-order valence-electron chi connectivity index (χ2n) is 5.39. The minimum atomic E-state index is 0.336. The van der Waals surface area contributed by atoms with E-state index in [1.165, 1.54) is 32.4 Å². The Bertz CT molecular complexity index is 472. The fourth-order valence-corrected chi connectivity index (χ4v) is 3.10. The first-order valence-electron chi connectivity index (χ1n) is 7.15. The molecule has 1 saturated heterocycles. The first-order valence-corrected chi connectivity index (χ1v) is 7.94. The lowest BCUT2D eigenvalue weighted by Crippen LogP contribution is -2.41. The molecule has 1 aromatic carbocycles. The fraction of sp³-hybridized carbons (Fsp3) is 0.533. The lowest BCUT2D eigenvalue weighted by atomic mass is 10.1. The van der Waals surface area contributed by atoms with Gasteiger partial charge in [0, 0.05) is 23.8 Å². The smallest absolute Gasteiger partial charge is 0.105 e. The van der Waals surface area contributed by atoms with Gasteiger partial charge in [0.2, 0.25) is 0 Å². The second-order valence-corrected chi connectivity index (χ2v) is 6.23. The van der Waals surface area contributed by atoms with Gasteiger partial charge in [0.15, 0.2) is 0 Å². The van der Waals surface area contributed by atoms with E-state index in [1.807, 2.05) is 18.2 Å². The zero-order valence-corrected chi connectivity index (χ0v) is 13.4. The molecule has 0 amide bonds. The Labute approximate surface area is 131 Å². The van der Waals surface area contributed by atoms with Crippen molar-refractivity contribution in [3.8, 4) is 0 Å². The number of nitrogens with two attached hydrogens (primary N) is 1. The molecule has 110 valence electrons. The number of likely N-dealkylation sites (tertiary alicyclic amines) is 1. The molecule has 3 nitrogen and oxygen atoms in total. The van der Waals surface area contributed by atoms with Crippen LogP contribution in [0.25, 0.3) is 0 Å². The van der Waals surface area contributed by atoms with E-state index in [4.69, 9.17) is 29.6 Å². The fourth-order valence-electron chi connectivity index (χ4n) is 2.58. The highest BCUT2D eigenvalue weighted by Gasteiger charge is 2.16. The number of nitrogens with zero attached hydrogens (tertiary/aromatic N) is 1. The molecule has 0 aliphatic carbocycles. The van der Waals surface area contributed by atoms with Crippen LogP contribution in [0.5, 0.6) is 0 Å². The number of hydrogen-bond acceptors (Lipinski definition) is 3. The zero-order valence-electron chi connectivity index (χ0n) is 11.9. The second kappa shape index (κ2) is 7.25. The zero-order chi connectivity index (χ0) is 14.5. The maximum atomic E-state index is 6.17. The summed E-state index contributed by atoms with van der Waals surface area (Å²) in [6.45, 7) is 5.61. The molecule has 3 N–H and O–H groups in total. The molecule has 0 spiro atoms. The molecule has 20 heavy (non-hydrogen) atoms. The van der Waals surface area contributed by atoms with Gasteiger partial charge in [-0.3, -0.25) is 4.90 Å². The van der Waals surface area contributed by atoms with Crippen molar-refractivity contribution in [1.29, 1.82) is 0 Å². The number of piperidine rings is 1. The summed E-state index contributed by atoms with van der Waals surface area (Å²) in [5, 5.41) is 4.04. The molecular weight excluding hydrogens is 290 g/mol. The van der Waals surface area contributed by atoms with Gasteiger partial charge in [0.25, 0.3) is 0 Å². The summed E-state index contributed by atoms with van der Waals surface area (Å²) < 4.78 is 0. The van der Waals surface area contributed by atoms with E-state index in [0.717, 1.165) is 17.8 Å². The van der Waals surface area contributed by atoms with Crippen LogP contribution in [-0.2, 0) is 0 Å². The average Bonchev–Trinajstić information content (AvgIpc) is 2.45. The molecule has 1 unspecified atom stereocenters. The standard InChI is InChI=1S/C15H22ClN3S/c1-11(19-7-3-2-4-8-19)10-18-12-5-6-13(15(17)20)14(16)9-12/h5-6,9,11,18H,2-4,7-8,10H2,1H3,(H2,17,20). The molecule has 1 aromatic rings. The molecule has 0 bridgehead atoms. The van der Waals surface area contributed by atoms with E-state index in [1.54, 1.807) is 0 Å². The van der Waals surface area contributed by atoms with Gasteiger partial charge in [-0.05, 0) is 51.1 Å². The molecule has 0 aromatic heterocycles. The van der Waals surface area contributed by atoms with Crippen LogP contribution in [-0.4, -0.2) is 35.6 Å². The van der Waals surface area contributed by atoms with Crippen molar-refractivity contribution in [2.24, 2.45) is 5.73 Å². The van der Waals surface area contributed by atoms with Gasteiger partial charge in [-0.1, -0.05) is 30.2 Å². The normalized spacial score (nSPS) is 17.7. The molecule has 1 heterocycles. The predicted molar refractivity (Wildman–Crippen MR) is 90.7 cm³/mol. The van der Waals surface area contributed by atoms with Crippen molar-refractivity contribution in [3.63, 3.8) is 0 Å². The van der Waals surface area contributed by atoms with Crippen LogP contribution >= 0.6 is 23.8 Å². The minimum absolute atomic E-state index is 0.336. The molecule has 1 aliphatic rings. The Hall–Kier alpha value is -0.840. The van der Waals surface area contributed by atoms with Gasteiger partial charge < -0.3 is 11.1 Å². The quantitative estimate of drug-likeness (QED) is 0.819. The number of anilines is 1. The maximum Gasteiger partial charge on any atom is 0.105 e. The van der Waals surface area contributed by atoms with Crippen LogP contribution in [0.3, 0.4) is 0 Å². The third kappa shape index (κ3) is 4.08. The third-order valence-electron chi connectivity index (χ3n) is 3.85. The van der Waals surface area contributed by atoms with Crippen molar-refractivity contribution in [3.05, 3.63) is 28.8 Å². The monoisotopic (exact) mass is 311 g/mol. The first kappa shape index (κ1) is 15.5. The summed E-state index contributed by atoms with van der Waals surface area (Å²) in [6.07, 6.45) is 4.00. The molecule has 1 fully saturated rings. The topological polar surface area (TPSA) is 41.3 Å². The highest BCUT2D eigenvalue weighted by atomic mass is 35.5. The SMILES string of the molecule is CC(CNc1ccc(C(N)=S)c(Cl)c1)N1CCCCC1. The van der Waals surface area contributed by atoms with Crippen molar-refractivity contribution in [2.75, 3.05) is 25.0 Å². The van der Waals surface area contributed by atoms with E-state index in [-0.39, 0.29) is 0 Å². The Morgan fingerprint density at radius 1 is 1.40 bits per heavy atom. The van der Waals surface area contributed by atoms with Crippen LogP contribution in [0, 0.1) is 0 Å². The molecule has 1 aliphatic heterocycles. The number of halogens is 1. The Kier molecular flexibility index (Phi) is 5.64. The highest BCUT2D eigenvalue weighted by Crippen LogP contribution is 2.21. The Morgan fingerprint density at radius 2 is 2.10 bits per heavy atom. The van der Waals surface area contributed by atoms with Crippen molar-refractivity contribution >= 4 is 34.5 Å². The predicted octanol–water partition coefficient (Wildman–Crippen LogP) is 3.26. The van der Waals surface area contributed by atoms with E-state index in [2.05, 4.69) is 17.1 Å². The van der Waals surface area contributed by atoms with Gasteiger partial charge in [-0.2, -0.15) is 0 Å². The minimum Gasteiger partial charge on any atom is -0.389 e. The van der Waals surface area contributed by atoms with Gasteiger partial charge in [0.1, 0.15) is 4.99 Å². The first-order chi connectivity index (χ1) is 9.58. The van der Waals surface area contributed by atoms with Crippen molar-refractivity contribution < 1.29 is 0 Å². The van der Waals surface area contributed by atoms with Crippen molar-refractivity contribution in [2.45, 2.75) is 32.2 Å². The number of hydrogen-bond donors (Lipinski definition) is 2. The van der Waals surface area contributed by atoms with Crippen molar-refractivity contribution in [1.82, 2.24) is 4.90 Å². The average molecular weight is 312 g/mol. The molecule has 0 saturated carbocycles. The summed E-state index contributed by atoms with van der Waals surface area (Å²) in [5.41, 5.74) is 7.35. The number of nitrogens with one attached hydrogen (secondary N) is 1.